The Hall–Kier alpha value is -1.91. The summed E-state index contributed by atoms with van der Waals surface area (Å²) < 4.78 is 22.3. The third kappa shape index (κ3) is 6.55. The number of rotatable bonds is 8. The molecule has 7 nitrogen and oxygen atoms in total. The van der Waals surface area contributed by atoms with Crippen molar-refractivity contribution in [3.63, 3.8) is 0 Å². The van der Waals surface area contributed by atoms with Crippen molar-refractivity contribution in [3.8, 4) is 5.75 Å². The second kappa shape index (κ2) is 11.8. The second-order valence-electron chi connectivity index (χ2n) is 8.50. The van der Waals surface area contributed by atoms with Gasteiger partial charge in [0.05, 0.1) is 12.6 Å². The molecule has 32 heavy (non-hydrogen) atoms. The van der Waals surface area contributed by atoms with Gasteiger partial charge >= 0.3 is 0 Å². The van der Waals surface area contributed by atoms with E-state index in [2.05, 4.69) is 25.4 Å². The molecule has 0 spiro atoms. The van der Waals surface area contributed by atoms with Crippen molar-refractivity contribution in [2.24, 2.45) is 10.9 Å². The normalized spacial score (nSPS) is 17.0. The molecule has 1 unspecified atom stereocenters. The number of hydrogen-bond donors (Lipinski definition) is 2. The van der Waals surface area contributed by atoms with Gasteiger partial charge in [0, 0.05) is 19.5 Å². The van der Waals surface area contributed by atoms with Gasteiger partial charge in [-0.05, 0) is 63.1 Å². The molecular formula is C23H34FIN6O. The largest absolute Gasteiger partial charge is 0.490 e. The number of aryl methyl sites for hydroxylation is 1. The van der Waals surface area contributed by atoms with Gasteiger partial charge in [-0.2, -0.15) is 0 Å². The van der Waals surface area contributed by atoms with Gasteiger partial charge in [0.2, 0.25) is 0 Å². The molecule has 0 amide bonds. The minimum Gasteiger partial charge on any atom is -0.490 e. The number of nitrogens with one attached hydrogen (secondary N) is 2. The smallest absolute Gasteiger partial charge is 0.192 e. The van der Waals surface area contributed by atoms with Crippen LogP contribution in [0.5, 0.6) is 5.75 Å². The zero-order valence-electron chi connectivity index (χ0n) is 18.9. The van der Waals surface area contributed by atoms with Gasteiger partial charge in [0.1, 0.15) is 12.4 Å². The molecule has 1 atom stereocenters. The lowest BCUT2D eigenvalue weighted by atomic mass is 10.1. The number of fused-ring (bicyclic) bond motifs is 1. The summed E-state index contributed by atoms with van der Waals surface area (Å²) in [6, 6.07) is 5.06. The first-order chi connectivity index (χ1) is 15.1. The van der Waals surface area contributed by atoms with Gasteiger partial charge in [0.15, 0.2) is 23.4 Å². The fourth-order valence-electron chi connectivity index (χ4n) is 3.82. The Morgan fingerprint density at radius 2 is 2.12 bits per heavy atom. The summed E-state index contributed by atoms with van der Waals surface area (Å²) in [5.74, 6) is 3.24. The van der Waals surface area contributed by atoms with Crippen LogP contribution in [0.15, 0.2) is 23.2 Å². The lowest BCUT2D eigenvalue weighted by Crippen LogP contribution is -2.38. The van der Waals surface area contributed by atoms with E-state index in [1.165, 1.54) is 25.7 Å². The summed E-state index contributed by atoms with van der Waals surface area (Å²) in [4.78, 5) is 4.71. The molecule has 2 aliphatic rings. The summed E-state index contributed by atoms with van der Waals surface area (Å²) in [5, 5.41) is 15.3. The molecule has 2 N–H and O–H groups in total. The van der Waals surface area contributed by atoms with Crippen LogP contribution in [0.3, 0.4) is 0 Å². The van der Waals surface area contributed by atoms with E-state index in [0.29, 0.717) is 30.8 Å². The minimum atomic E-state index is -0.320. The molecular weight excluding hydrogens is 522 g/mol. The Balaban J connectivity index is 0.00000289. The summed E-state index contributed by atoms with van der Waals surface area (Å²) in [6.07, 6.45) is 6.91. The van der Waals surface area contributed by atoms with E-state index < -0.39 is 0 Å². The highest BCUT2D eigenvalue weighted by molar-refractivity contribution is 14.0. The van der Waals surface area contributed by atoms with E-state index in [1.54, 1.807) is 12.1 Å². The monoisotopic (exact) mass is 556 g/mol. The molecule has 1 aromatic heterocycles. The molecule has 0 bridgehead atoms. The number of aromatic nitrogens is 3. The van der Waals surface area contributed by atoms with Crippen molar-refractivity contribution in [2.45, 2.75) is 71.5 Å². The third-order valence-corrected chi connectivity index (χ3v) is 5.89. The van der Waals surface area contributed by atoms with Gasteiger partial charge in [-0.1, -0.05) is 12.5 Å². The molecule has 0 saturated heterocycles. The average molecular weight is 556 g/mol. The maximum Gasteiger partial charge on any atom is 0.192 e. The lowest BCUT2D eigenvalue weighted by molar-refractivity contribution is 0.285. The van der Waals surface area contributed by atoms with Crippen molar-refractivity contribution in [2.75, 3.05) is 13.2 Å². The zero-order valence-corrected chi connectivity index (χ0v) is 21.3. The molecule has 9 heteroatoms. The van der Waals surface area contributed by atoms with Crippen LogP contribution in [0.1, 0.15) is 69.2 Å². The number of benzene rings is 1. The highest BCUT2D eigenvalue weighted by Gasteiger charge is 2.22. The number of halogens is 2. The SMILES string of the molecule is CCNC(=NCc1nnc2n1CCCCC2)NC(C)c1ccc(OCC2CC2)c(F)c1.I. The van der Waals surface area contributed by atoms with E-state index in [9.17, 15) is 4.39 Å². The summed E-state index contributed by atoms with van der Waals surface area (Å²) >= 11 is 0. The Morgan fingerprint density at radius 1 is 1.28 bits per heavy atom. The number of aliphatic imine (C=N–C) groups is 1. The molecule has 2 aromatic rings. The Morgan fingerprint density at radius 3 is 2.88 bits per heavy atom. The third-order valence-electron chi connectivity index (χ3n) is 5.89. The maximum absolute atomic E-state index is 14.5. The molecule has 1 aliphatic carbocycles. The van der Waals surface area contributed by atoms with Gasteiger partial charge < -0.3 is 19.9 Å². The van der Waals surface area contributed by atoms with Gasteiger partial charge in [-0.25, -0.2) is 9.38 Å². The number of hydrogen-bond acceptors (Lipinski definition) is 4. The first kappa shape index (κ1) is 24.7. The van der Waals surface area contributed by atoms with Crippen molar-refractivity contribution in [3.05, 3.63) is 41.2 Å². The molecule has 1 saturated carbocycles. The van der Waals surface area contributed by atoms with E-state index in [-0.39, 0.29) is 35.8 Å². The predicted molar refractivity (Wildman–Crippen MR) is 134 cm³/mol. The number of nitrogens with zero attached hydrogens (tertiary/aromatic N) is 4. The fraction of sp³-hybridized carbons (Fsp3) is 0.609. The van der Waals surface area contributed by atoms with Crippen molar-refractivity contribution in [1.82, 2.24) is 25.4 Å². The Bertz CT molecular complexity index is 914. The van der Waals surface area contributed by atoms with Crippen molar-refractivity contribution < 1.29 is 9.13 Å². The molecule has 4 rings (SSSR count). The first-order valence-electron chi connectivity index (χ1n) is 11.5. The van der Waals surface area contributed by atoms with Crippen molar-refractivity contribution >= 4 is 29.9 Å². The molecule has 176 valence electrons. The van der Waals surface area contributed by atoms with E-state index in [1.807, 2.05) is 19.9 Å². The summed E-state index contributed by atoms with van der Waals surface area (Å²) in [7, 11) is 0. The van der Waals surface area contributed by atoms with Crippen molar-refractivity contribution in [1.29, 1.82) is 0 Å². The Labute approximate surface area is 206 Å². The van der Waals surface area contributed by atoms with E-state index in [4.69, 9.17) is 9.73 Å². The zero-order chi connectivity index (χ0) is 21.6. The van der Waals surface area contributed by atoms with E-state index in [0.717, 1.165) is 43.1 Å². The van der Waals surface area contributed by atoms with Crippen LogP contribution in [-0.2, 0) is 19.5 Å². The highest BCUT2D eigenvalue weighted by atomic mass is 127. The molecule has 1 aromatic carbocycles. The van der Waals surface area contributed by atoms with Gasteiger partial charge in [-0.3, -0.25) is 0 Å². The standard InChI is InChI=1S/C23H33FN6O.HI/c1-3-25-23(26-14-22-29-28-21-7-5-4-6-12-30(21)22)27-16(2)18-10-11-20(19(24)13-18)31-15-17-8-9-17;/h10-11,13,16-17H,3-9,12,14-15H2,1-2H3,(H2,25,26,27);1H. The van der Waals surface area contributed by atoms with Crippen LogP contribution in [-0.4, -0.2) is 33.9 Å². The van der Waals surface area contributed by atoms with Crippen LogP contribution in [0.4, 0.5) is 4.39 Å². The van der Waals surface area contributed by atoms with Crippen LogP contribution < -0.4 is 15.4 Å². The fourth-order valence-corrected chi connectivity index (χ4v) is 3.82. The second-order valence-corrected chi connectivity index (χ2v) is 8.50. The predicted octanol–water partition coefficient (Wildman–Crippen LogP) is 4.37. The van der Waals surface area contributed by atoms with Crippen LogP contribution in [0.2, 0.25) is 0 Å². The van der Waals surface area contributed by atoms with Gasteiger partial charge in [0.25, 0.3) is 0 Å². The quantitative estimate of drug-likeness (QED) is 0.287. The topological polar surface area (TPSA) is 76.4 Å². The molecule has 2 heterocycles. The molecule has 1 fully saturated rings. The summed E-state index contributed by atoms with van der Waals surface area (Å²) in [5.41, 5.74) is 0.846. The first-order valence-corrected chi connectivity index (χ1v) is 11.5. The average Bonchev–Trinajstić information content (AvgIpc) is 3.55. The van der Waals surface area contributed by atoms with Crippen LogP contribution >= 0.6 is 24.0 Å². The Kier molecular flexibility index (Phi) is 9.12. The maximum atomic E-state index is 14.5. The van der Waals surface area contributed by atoms with Crippen LogP contribution in [0.25, 0.3) is 0 Å². The molecule has 0 radical (unpaired) electrons. The minimum absolute atomic E-state index is 0. The number of guanidine groups is 1. The van der Waals surface area contributed by atoms with E-state index >= 15 is 0 Å². The number of ether oxygens (including phenoxy) is 1. The highest BCUT2D eigenvalue weighted by Crippen LogP contribution is 2.30. The summed E-state index contributed by atoms with van der Waals surface area (Å²) in [6.45, 7) is 6.78. The van der Waals surface area contributed by atoms with Crippen LogP contribution in [0, 0.1) is 11.7 Å². The molecule has 1 aliphatic heterocycles. The lowest BCUT2D eigenvalue weighted by Gasteiger charge is -2.19. The van der Waals surface area contributed by atoms with Gasteiger partial charge in [-0.15, -0.1) is 34.2 Å².